The molecule has 0 saturated heterocycles. The summed E-state index contributed by atoms with van der Waals surface area (Å²) >= 11 is 6.02. The third-order valence-corrected chi connectivity index (χ3v) is 3.07. The molecule has 0 spiro atoms. The van der Waals surface area contributed by atoms with E-state index in [0.29, 0.717) is 0 Å². The van der Waals surface area contributed by atoms with Gasteiger partial charge in [0.1, 0.15) is 23.8 Å². The number of aromatic nitrogens is 2. The summed E-state index contributed by atoms with van der Waals surface area (Å²) in [5.74, 6) is 3.90. The lowest BCUT2D eigenvalue weighted by Gasteiger charge is -2.14. The zero-order valence-corrected chi connectivity index (χ0v) is 11.9. The van der Waals surface area contributed by atoms with Crippen molar-refractivity contribution in [1.29, 1.82) is 0 Å². The SMILES string of the molecule is C#CCn1ncc(Cl)c(NC(C)c2ccc(C)o2)c1=O. The maximum absolute atomic E-state index is 12.2. The molecule has 6 heteroatoms. The first-order valence-electron chi connectivity index (χ1n) is 6.05. The van der Waals surface area contributed by atoms with Crippen LogP contribution in [0.5, 0.6) is 0 Å². The lowest BCUT2D eigenvalue weighted by atomic mass is 10.2. The number of rotatable bonds is 4. The molecule has 0 radical (unpaired) electrons. The molecule has 0 aliphatic heterocycles. The topological polar surface area (TPSA) is 60.1 Å². The number of terminal acetylenes is 1. The first-order valence-corrected chi connectivity index (χ1v) is 6.42. The third kappa shape index (κ3) is 2.86. The van der Waals surface area contributed by atoms with Crippen LogP contribution in [-0.2, 0) is 6.54 Å². The van der Waals surface area contributed by atoms with Gasteiger partial charge in [0.25, 0.3) is 5.56 Å². The predicted molar refractivity (Wildman–Crippen MR) is 77.8 cm³/mol. The Hall–Kier alpha value is -2.19. The van der Waals surface area contributed by atoms with Crippen molar-refractivity contribution in [2.24, 2.45) is 0 Å². The van der Waals surface area contributed by atoms with E-state index in [2.05, 4.69) is 16.3 Å². The van der Waals surface area contributed by atoms with E-state index in [4.69, 9.17) is 22.4 Å². The Morgan fingerprint density at radius 3 is 2.95 bits per heavy atom. The quantitative estimate of drug-likeness (QED) is 0.880. The van der Waals surface area contributed by atoms with Crippen molar-refractivity contribution in [2.45, 2.75) is 26.4 Å². The number of halogens is 1. The number of furan rings is 1. The van der Waals surface area contributed by atoms with Gasteiger partial charge in [-0.3, -0.25) is 4.79 Å². The summed E-state index contributed by atoms with van der Waals surface area (Å²) in [4.78, 5) is 12.2. The van der Waals surface area contributed by atoms with E-state index in [-0.39, 0.29) is 28.9 Å². The number of anilines is 1. The van der Waals surface area contributed by atoms with Crippen LogP contribution in [0.3, 0.4) is 0 Å². The average Bonchev–Trinajstić information content (AvgIpc) is 2.84. The molecule has 0 aliphatic rings. The molecule has 1 unspecified atom stereocenters. The normalized spacial score (nSPS) is 11.9. The van der Waals surface area contributed by atoms with Crippen molar-refractivity contribution < 1.29 is 4.42 Å². The molecule has 1 N–H and O–H groups in total. The van der Waals surface area contributed by atoms with E-state index in [1.165, 1.54) is 10.9 Å². The number of aryl methyl sites for hydroxylation is 1. The van der Waals surface area contributed by atoms with Gasteiger partial charge in [-0.05, 0) is 26.0 Å². The van der Waals surface area contributed by atoms with Crippen LogP contribution in [0.25, 0.3) is 0 Å². The lowest BCUT2D eigenvalue weighted by Crippen LogP contribution is -2.26. The van der Waals surface area contributed by atoms with Gasteiger partial charge in [-0.2, -0.15) is 5.10 Å². The van der Waals surface area contributed by atoms with E-state index < -0.39 is 0 Å². The Kier molecular flexibility index (Phi) is 4.16. The summed E-state index contributed by atoms with van der Waals surface area (Å²) in [5, 5.41) is 7.17. The summed E-state index contributed by atoms with van der Waals surface area (Å²) in [6.45, 7) is 3.83. The second-order valence-electron chi connectivity index (χ2n) is 4.35. The Morgan fingerprint density at radius 1 is 1.60 bits per heavy atom. The molecular formula is C14H14ClN3O2. The van der Waals surface area contributed by atoms with E-state index in [0.717, 1.165) is 11.5 Å². The van der Waals surface area contributed by atoms with Gasteiger partial charge >= 0.3 is 0 Å². The molecule has 0 aliphatic carbocycles. The van der Waals surface area contributed by atoms with Crippen molar-refractivity contribution in [2.75, 3.05) is 5.32 Å². The Labute approximate surface area is 121 Å². The predicted octanol–water partition coefficient (Wildman–Crippen LogP) is 2.60. The summed E-state index contributed by atoms with van der Waals surface area (Å²) in [7, 11) is 0. The molecule has 2 aromatic heterocycles. The molecule has 0 saturated carbocycles. The third-order valence-electron chi connectivity index (χ3n) is 2.79. The van der Waals surface area contributed by atoms with Crippen LogP contribution in [0.4, 0.5) is 5.69 Å². The van der Waals surface area contributed by atoms with E-state index in [9.17, 15) is 4.79 Å². The van der Waals surface area contributed by atoms with Gasteiger partial charge in [0.15, 0.2) is 0 Å². The molecule has 1 atom stereocenters. The maximum atomic E-state index is 12.2. The highest BCUT2D eigenvalue weighted by Gasteiger charge is 2.15. The van der Waals surface area contributed by atoms with Crippen molar-refractivity contribution in [3.8, 4) is 12.3 Å². The standard InChI is InChI=1S/C14H14ClN3O2/c1-4-7-18-14(19)13(11(15)8-16-18)17-10(3)12-6-5-9(2)20-12/h1,5-6,8,10,17H,7H2,2-3H3. The van der Waals surface area contributed by atoms with Crippen LogP contribution in [-0.4, -0.2) is 9.78 Å². The van der Waals surface area contributed by atoms with Gasteiger partial charge < -0.3 is 9.73 Å². The molecule has 0 bridgehead atoms. The smallest absolute Gasteiger partial charge is 0.292 e. The lowest BCUT2D eigenvalue weighted by molar-refractivity contribution is 0.466. The number of nitrogens with zero attached hydrogens (tertiary/aromatic N) is 2. The van der Waals surface area contributed by atoms with Crippen LogP contribution in [0, 0.1) is 19.3 Å². The van der Waals surface area contributed by atoms with Gasteiger partial charge in [-0.25, -0.2) is 4.68 Å². The molecular weight excluding hydrogens is 278 g/mol. The molecule has 5 nitrogen and oxygen atoms in total. The Morgan fingerprint density at radius 2 is 2.35 bits per heavy atom. The summed E-state index contributed by atoms with van der Waals surface area (Å²) in [6.07, 6.45) is 6.59. The second-order valence-corrected chi connectivity index (χ2v) is 4.76. The highest BCUT2D eigenvalue weighted by atomic mass is 35.5. The van der Waals surface area contributed by atoms with Crippen molar-refractivity contribution >= 4 is 17.3 Å². The minimum Gasteiger partial charge on any atom is -0.464 e. The fourth-order valence-corrected chi connectivity index (χ4v) is 1.95. The molecule has 2 heterocycles. The van der Waals surface area contributed by atoms with Gasteiger partial charge in [-0.1, -0.05) is 17.5 Å². The highest BCUT2D eigenvalue weighted by Crippen LogP contribution is 2.23. The minimum absolute atomic E-state index is 0.0962. The zero-order valence-electron chi connectivity index (χ0n) is 11.2. The summed E-state index contributed by atoms with van der Waals surface area (Å²) < 4.78 is 6.69. The molecule has 0 amide bonds. The molecule has 2 aromatic rings. The molecule has 104 valence electrons. The Bertz CT molecular complexity index is 712. The van der Waals surface area contributed by atoms with Crippen molar-refractivity contribution in [3.05, 3.63) is 45.2 Å². The molecule has 2 rings (SSSR count). The summed E-state index contributed by atoms with van der Waals surface area (Å²) in [5.41, 5.74) is -0.0935. The van der Waals surface area contributed by atoms with Crippen LogP contribution < -0.4 is 10.9 Å². The summed E-state index contributed by atoms with van der Waals surface area (Å²) in [6, 6.07) is 3.51. The largest absolute Gasteiger partial charge is 0.464 e. The number of nitrogens with one attached hydrogen (secondary N) is 1. The van der Waals surface area contributed by atoms with Gasteiger partial charge in [0.05, 0.1) is 17.3 Å². The first-order chi connectivity index (χ1) is 9.52. The second kappa shape index (κ2) is 5.85. The van der Waals surface area contributed by atoms with Gasteiger partial charge in [-0.15, -0.1) is 6.42 Å². The van der Waals surface area contributed by atoms with Crippen molar-refractivity contribution in [1.82, 2.24) is 9.78 Å². The van der Waals surface area contributed by atoms with Crippen molar-refractivity contribution in [3.63, 3.8) is 0 Å². The number of hydrogen-bond donors (Lipinski definition) is 1. The van der Waals surface area contributed by atoms with Crippen LogP contribution in [0.15, 0.2) is 27.5 Å². The maximum Gasteiger partial charge on any atom is 0.292 e. The number of hydrogen-bond acceptors (Lipinski definition) is 4. The van der Waals surface area contributed by atoms with Crippen LogP contribution >= 0.6 is 11.6 Å². The van der Waals surface area contributed by atoms with E-state index in [1.54, 1.807) is 0 Å². The Balaban J connectivity index is 2.31. The first kappa shape index (κ1) is 14.2. The average molecular weight is 292 g/mol. The highest BCUT2D eigenvalue weighted by molar-refractivity contribution is 6.33. The molecule has 0 fully saturated rings. The monoisotopic (exact) mass is 291 g/mol. The minimum atomic E-state index is -0.356. The van der Waals surface area contributed by atoms with Crippen LogP contribution in [0.1, 0.15) is 24.5 Å². The van der Waals surface area contributed by atoms with Crippen LogP contribution in [0.2, 0.25) is 5.02 Å². The van der Waals surface area contributed by atoms with E-state index in [1.807, 2.05) is 26.0 Å². The fourth-order valence-electron chi connectivity index (χ4n) is 1.77. The van der Waals surface area contributed by atoms with Gasteiger partial charge in [0, 0.05) is 0 Å². The molecule has 20 heavy (non-hydrogen) atoms. The zero-order chi connectivity index (χ0) is 14.7. The van der Waals surface area contributed by atoms with E-state index >= 15 is 0 Å². The molecule has 0 aromatic carbocycles. The van der Waals surface area contributed by atoms with Gasteiger partial charge in [0.2, 0.25) is 0 Å². The fraction of sp³-hybridized carbons (Fsp3) is 0.286.